The van der Waals surface area contributed by atoms with E-state index >= 15 is 0 Å². The highest BCUT2D eigenvalue weighted by molar-refractivity contribution is 9.31. The van der Waals surface area contributed by atoms with E-state index < -0.39 is 0 Å². The van der Waals surface area contributed by atoms with Gasteiger partial charge in [-0.1, -0.05) is 21.6 Å². The highest BCUT2D eigenvalue weighted by Crippen LogP contribution is 2.59. The Labute approximate surface area is 63.9 Å². The van der Waals surface area contributed by atoms with Crippen molar-refractivity contribution in [1.82, 2.24) is 0 Å². The molecular weight excluding hydrogens is 180 g/mol. The summed E-state index contributed by atoms with van der Waals surface area (Å²) in [5, 5.41) is 8.48. The number of aliphatic hydroxyl groups excluding tert-OH is 1. The second kappa shape index (κ2) is 4.22. The largest absolute Gasteiger partial charge is 0.396 e. The van der Waals surface area contributed by atoms with E-state index in [1.807, 2.05) is 41.2 Å². The van der Waals surface area contributed by atoms with Gasteiger partial charge >= 0.3 is 0 Å². The van der Waals surface area contributed by atoms with Crippen molar-refractivity contribution in [1.29, 1.82) is 0 Å². The third-order valence-electron chi connectivity index (χ3n) is 0.686. The van der Waals surface area contributed by atoms with Gasteiger partial charge in [-0.2, -0.15) is 0 Å². The van der Waals surface area contributed by atoms with Gasteiger partial charge in [0.25, 0.3) is 0 Å². The predicted octanol–water partition coefficient (Wildman–Crippen LogP) is 2.39. The van der Waals surface area contributed by atoms with Crippen LogP contribution in [0.4, 0.5) is 0 Å². The van der Waals surface area contributed by atoms with Gasteiger partial charge < -0.3 is 5.11 Å². The maximum atomic E-state index is 8.48. The molecule has 0 spiro atoms. The summed E-state index contributed by atoms with van der Waals surface area (Å²) in [5.41, 5.74) is 0. The van der Waals surface area contributed by atoms with Crippen LogP contribution in [-0.2, 0) is 0 Å². The van der Waals surface area contributed by atoms with Crippen molar-refractivity contribution in [3.8, 4) is 0 Å². The summed E-state index contributed by atoms with van der Waals surface area (Å²) >= 11 is 0. The molecule has 1 aliphatic heterocycles. The quantitative estimate of drug-likeness (QED) is 0.666. The molecule has 0 aromatic heterocycles. The van der Waals surface area contributed by atoms with Crippen LogP contribution in [0.2, 0.25) is 0 Å². The van der Waals surface area contributed by atoms with Gasteiger partial charge in [0.2, 0.25) is 0 Å². The number of hydrogen-bond donors (Lipinski definition) is 1. The average molecular weight is 186 g/mol. The molecule has 0 aromatic rings. The molecule has 0 aliphatic carbocycles. The van der Waals surface area contributed by atoms with Gasteiger partial charge in [-0.25, -0.2) is 0 Å². The molecular formula is C3H6OS4. The van der Waals surface area contributed by atoms with Crippen molar-refractivity contribution in [2.24, 2.45) is 0 Å². The molecule has 0 unspecified atom stereocenters. The summed E-state index contributed by atoms with van der Waals surface area (Å²) in [5.74, 6) is 0. The summed E-state index contributed by atoms with van der Waals surface area (Å²) in [6, 6.07) is 0. The van der Waals surface area contributed by atoms with Gasteiger partial charge in [0.15, 0.2) is 0 Å². The third-order valence-corrected chi connectivity index (χ3v) is 8.55. The lowest BCUT2D eigenvalue weighted by atomic mass is 10.5. The maximum absolute atomic E-state index is 8.48. The van der Waals surface area contributed by atoms with Crippen LogP contribution in [0.25, 0.3) is 0 Å². The number of aliphatic hydroxyl groups is 1. The zero-order valence-corrected chi connectivity index (χ0v) is 7.34. The van der Waals surface area contributed by atoms with Crippen LogP contribution >= 0.6 is 41.2 Å². The van der Waals surface area contributed by atoms with E-state index in [4.69, 9.17) is 5.11 Å². The molecule has 1 N–H and O–H groups in total. The van der Waals surface area contributed by atoms with Crippen LogP contribution < -0.4 is 0 Å². The van der Waals surface area contributed by atoms with Crippen molar-refractivity contribution in [3.05, 3.63) is 0 Å². The second-order valence-corrected chi connectivity index (χ2v) is 7.78. The Morgan fingerprint density at radius 2 is 1.88 bits per heavy atom. The normalized spacial score (nSPS) is 22.1. The van der Waals surface area contributed by atoms with Crippen molar-refractivity contribution in [2.45, 2.75) is 11.0 Å². The molecule has 0 radical (unpaired) electrons. The van der Waals surface area contributed by atoms with Crippen LogP contribution in [0, 0.1) is 0 Å². The maximum Gasteiger partial charge on any atom is 0.0748 e. The Morgan fingerprint density at radius 3 is 2.38 bits per heavy atom. The van der Waals surface area contributed by atoms with Gasteiger partial charge in [-0.3, -0.25) is 0 Å². The molecule has 1 fully saturated rings. The number of hydrogen-bond acceptors (Lipinski definition) is 5. The van der Waals surface area contributed by atoms with Crippen LogP contribution in [-0.4, -0.2) is 16.3 Å². The SMILES string of the molecule is OCCC1SSSS1. The minimum absolute atomic E-state index is 0.325. The van der Waals surface area contributed by atoms with Crippen molar-refractivity contribution >= 4 is 41.2 Å². The Hall–Kier alpha value is 1.36. The smallest absolute Gasteiger partial charge is 0.0748 e. The molecule has 1 nitrogen and oxygen atoms in total. The average Bonchev–Trinajstić information content (AvgIpc) is 2.19. The molecule has 8 heavy (non-hydrogen) atoms. The fraction of sp³-hybridized carbons (Fsp3) is 1.00. The summed E-state index contributed by atoms with van der Waals surface area (Å²) in [6.07, 6.45) is 0.926. The molecule has 0 bridgehead atoms. The van der Waals surface area contributed by atoms with E-state index in [1.54, 1.807) is 0 Å². The molecule has 1 saturated heterocycles. The molecule has 1 rings (SSSR count). The Morgan fingerprint density at radius 1 is 1.25 bits per heavy atom. The summed E-state index contributed by atoms with van der Waals surface area (Å²) in [6.45, 7) is 0.325. The topological polar surface area (TPSA) is 20.2 Å². The second-order valence-electron chi connectivity index (χ2n) is 1.27. The fourth-order valence-corrected chi connectivity index (χ4v) is 9.18. The number of rotatable bonds is 2. The lowest BCUT2D eigenvalue weighted by Crippen LogP contribution is -1.93. The Bertz CT molecular complexity index is 62.3. The first kappa shape index (κ1) is 7.47. The molecule has 0 amide bonds. The summed E-state index contributed by atoms with van der Waals surface area (Å²) in [4.78, 5) is 0. The van der Waals surface area contributed by atoms with E-state index in [0.29, 0.717) is 11.2 Å². The molecule has 0 atom stereocenters. The van der Waals surface area contributed by atoms with E-state index in [9.17, 15) is 0 Å². The first-order chi connectivity index (χ1) is 3.93. The molecule has 0 aromatic carbocycles. The van der Waals surface area contributed by atoms with Crippen molar-refractivity contribution < 1.29 is 5.11 Å². The van der Waals surface area contributed by atoms with E-state index in [2.05, 4.69) is 0 Å². The minimum Gasteiger partial charge on any atom is -0.396 e. The molecule has 48 valence electrons. The zero-order chi connectivity index (χ0) is 5.82. The van der Waals surface area contributed by atoms with Gasteiger partial charge in [0.05, 0.1) is 4.58 Å². The lowest BCUT2D eigenvalue weighted by molar-refractivity contribution is 0.294. The van der Waals surface area contributed by atoms with Crippen LogP contribution in [0.15, 0.2) is 0 Å². The van der Waals surface area contributed by atoms with Crippen LogP contribution in [0.1, 0.15) is 6.42 Å². The van der Waals surface area contributed by atoms with Gasteiger partial charge in [-0.05, 0) is 26.1 Å². The first-order valence-corrected chi connectivity index (χ1v) is 7.14. The van der Waals surface area contributed by atoms with Gasteiger partial charge in [0.1, 0.15) is 0 Å². The third kappa shape index (κ3) is 2.31. The standard InChI is InChI=1S/C3H6OS4/c4-2-1-3-5-7-8-6-3/h3-4H,1-2H2. The minimum atomic E-state index is 0.325. The lowest BCUT2D eigenvalue weighted by Gasteiger charge is -1.98. The molecule has 0 saturated carbocycles. The summed E-state index contributed by atoms with van der Waals surface area (Å²) < 4.78 is 0.620. The Balaban J connectivity index is 2.06. The van der Waals surface area contributed by atoms with Crippen LogP contribution in [0.3, 0.4) is 0 Å². The van der Waals surface area contributed by atoms with Crippen LogP contribution in [0.5, 0.6) is 0 Å². The van der Waals surface area contributed by atoms with Crippen molar-refractivity contribution in [3.63, 3.8) is 0 Å². The monoisotopic (exact) mass is 186 g/mol. The van der Waals surface area contributed by atoms with E-state index in [-0.39, 0.29) is 0 Å². The zero-order valence-electron chi connectivity index (χ0n) is 4.07. The predicted molar refractivity (Wildman–Crippen MR) is 45.9 cm³/mol. The van der Waals surface area contributed by atoms with Gasteiger partial charge in [-0.15, -0.1) is 0 Å². The highest BCUT2D eigenvalue weighted by Gasteiger charge is 2.16. The summed E-state index contributed by atoms with van der Waals surface area (Å²) in [7, 11) is 7.31. The van der Waals surface area contributed by atoms with E-state index in [1.165, 1.54) is 0 Å². The Kier molecular flexibility index (Phi) is 3.94. The molecule has 5 heteroatoms. The molecule has 1 heterocycles. The van der Waals surface area contributed by atoms with Gasteiger partial charge in [0, 0.05) is 6.61 Å². The van der Waals surface area contributed by atoms with E-state index in [0.717, 1.165) is 6.42 Å². The highest BCUT2D eigenvalue weighted by atomic mass is 33.7. The van der Waals surface area contributed by atoms with Crippen molar-refractivity contribution in [2.75, 3.05) is 6.61 Å². The molecule has 1 aliphatic rings. The fourth-order valence-electron chi connectivity index (χ4n) is 0.337. The first-order valence-electron chi connectivity index (χ1n) is 2.20.